The summed E-state index contributed by atoms with van der Waals surface area (Å²) in [6.07, 6.45) is 1.85. The Labute approximate surface area is 165 Å². The summed E-state index contributed by atoms with van der Waals surface area (Å²) < 4.78 is 0. The molecule has 5 rings (SSSR count). The van der Waals surface area contributed by atoms with E-state index in [1.807, 2.05) is 12.1 Å². The maximum atomic E-state index is 10.5. The lowest BCUT2D eigenvalue weighted by Crippen LogP contribution is -2.35. The fourth-order valence-corrected chi connectivity index (χ4v) is 4.64. The Balaban J connectivity index is 0.00000180. The first kappa shape index (κ1) is 17.9. The molecule has 0 aromatic heterocycles. The predicted molar refractivity (Wildman–Crippen MR) is 111 cm³/mol. The second-order valence-corrected chi connectivity index (χ2v) is 7.34. The zero-order valence-corrected chi connectivity index (χ0v) is 16.0. The van der Waals surface area contributed by atoms with Gasteiger partial charge in [-0.05, 0) is 59.3 Å². The summed E-state index contributed by atoms with van der Waals surface area (Å²) in [4.78, 5) is 2.41. The van der Waals surface area contributed by atoms with Crippen molar-refractivity contribution in [1.82, 2.24) is 4.90 Å². The van der Waals surface area contributed by atoms with Crippen molar-refractivity contribution in [3.63, 3.8) is 0 Å². The molecular weight excluding hydrogens is 358 g/mol. The first-order valence-corrected chi connectivity index (χ1v) is 9.10. The lowest BCUT2D eigenvalue weighted by Gasteiger charge is -2.40. The summed E-state index contributed by atoms with van der Waals surface area (Å²) in [6, 6.07) is 18.7. The van der Waals surface area contributed by atoms with E-state index < -0.39 is 0 Å². The maximum Gasteiger partial charge on any atom is 0.165 e. The maximum absolute atomic E-state index is 10.5. The van der Waals surface area contributed by atoms with Crippen LogP contribution in [0.15, 0.2) is 54.6 Å². The first-order valence-electron chi connectivity index (χ1n) is 9.10. The Kier molecular flexibility index (Phi) is 4.37. The fourth-order valence-electron chi connectivity index (χ4n) is 4.64. The molecule has 3 nitrogen and oxygen atoms in total. The molecule has 0 fully saturated rings. The van der Waals surface area contributed by atoms with Gasteiger partial charge >= 0.3 is 0 Å². The van der Waals surface area contributed by atoms with Crippen molar-refractivity contribution in [2.45, 2.75) is 18.9 Å². The molecule has 0 amide bonds. The molecule has 2 aliphatic rings. The molecule has 0 saturated carbocycles. The van der Waals surface area contributed by atoms with Gasteiger partial charge in [0.15, 0.2) is 11.5 Å². The number of hydrogen-bond acceptors (Lipinski definition) is 3. The number of rotatable bonds is 1. The lowest BCUT2D eigenvalue weighted by atomic mass is 9.75. The van der Waals surface area contributed by atoms with Crippen LogP contribution in [-0.4, -0.2) is 28.7 Å². The molecule has 0 bridgehead atoms. The second kappa shape index (κ2) is 6.59. The van der Waals surface area contributed by atoms with Crippen LogP contribution in [0.25, 0.3) is 22.3 Å². The van der Waals surface area contributed by atoms with Crippen LogP contribution in [-0.2, 0) is 12.8 Å². The number of halogens is 1. The van der Waals surface area contributed by atoms with E-state index in [1.54, 1.807) is 6.07 Å². The van der Waals surface area contributed by atoms with Crippen molar-refractivity contribution >= 4 is 12.4 Å². The van der Waals surface area contributed by atoms with E-state index in [2.05, 4.69) is 48.3 Å². The zero-order chi connectivity index (χ0) is 17.8. The molecular formula is C23H22ClNO2. The summed E-state index contributed by atoms with van der Waals surface area (Å²) in [7, 11) is 2.18. The number of aromatic hydroxyl groups is 2. The van der Waals surface area contributed by atoms with Crippen molar-refractivity contribution in [2.75, 3.05) is 13.6 Å². The monoisotopic (exact) mass is 379 g/mol. The van der Waals surface area contributed by atoms with Crippen molar-refractivity contribution in [1.29, 1.82) is 0 Å². The Morgan fingerprint density at radius 1 is 0.926 bits per heavy atom. The van der Waals surface area contributed by atoms with Gasteiger partial charge in [-0.3, -0.25) is 4.90 Å². The van der Waals surface area contributed by atoms with Gasteiger partial charge in [-0.1, -0.05) is 48.5 Å². The van der Waals surface area contributed by atoms with Gasteiger partial charge in [0.25, 0.3) is 0 Å². The Morgan fingerprint density at radius 2 is 1.67 bits per heavy atom. The van der Waals surface area contributed by atoms with E-state index in [-0.39, 0.29) is 23.9 Å². The molecule has 27 heavy (non-hydrogen) atoms. The summed E-state index contributed by atoms with van der Waals surface area (Å²) >= 11 is 0. The van der Waals surface area contributed by atoms with E-state index >= 15 is 0 Å². The molecule has 0 unspecified atom stereocenters. The van der Waals surface area contributed by atoms with E-state index in [0.29, 0.717) is 6.04 Å². The number of hydrogen-bond donors (Lipinski definition) is 2. The van der Waals surface area contributed by atoms with Crippen LogP contribution in [0, 0.1) is 0 Å². The minimum Gasteiger partial charge on any atom is -0.504 e. The molecule has 1 aliphatic carbocycles. The Hall–Kier alpha value is -2.49. The van der Waals surface area contributed by atoms with Crippen LogP contribution >= 0.6 is 12.4 Å². The van der Waals surface area contributed by atoms with Gasteiger partial charge in [-0.15, -0.1) is 12.4 Å². The van der Waals surface area contributed by atoms with Gasteiger partial charge in [0, 0.05) is 18.2 Å². The van der Waals surface area contributed by atoms with Crippen molar-refractivity contribution < 1.29 is 10.2 Å². The molecule has 1 atom stereocenters. The third kappa shape index (κ3) is 2.61. The highest BCUT2D eigenvalue weighted by Gasteiger charge is 2.35. The average molecular weight is 380 g/mol. The minimum absolute atomic E-state index is 0. The van der Waals surface area contributed by atoms with Crippen LogP contribution < -0.4 is 0 Å². The van der Waals surface area contributed by atoms with Gasteiger partial charge in [0.1, 0.15) is 0 Å². The molecule has 3 aromatic carbocycles. The molecule has 0 spiro atoms. The smallest absolute Gasteiger partial charge is 0.165 e. The predicted octanol–water partition coefficient (Wildman–Crippen LogP) is 4.94. The standard InChI is InChI=1S/C23H21NO2.ClH/c1-24-12-11-17-16(14-5-3-2-4-6-14)8-9-18-21-15(13-19(24)22(17)18)7-10-20(25)23(21)26;/h2-10,19,25-26H,11-13H2,1H3;1H/t19-;/m1./s1. The van der Waals surface area contributed by atoms with Crippen LogP contribution in [0.1, 0.15) is 22.7 Å². The van der Waals surface area contributed by atoms with Crippen molar-refractivity contribution in [2.24, 2.45) is 0 Å². The van der Waals surface area contributed by atoms with Gasteiger partial charge < -0.3 is 10.2 Å². The SMILES string of the molecule is CN1CCc2c(-c3ccccc3)ccc3c2[C@H]1Cc1ccc(O)c(O)c1-3.Cl. The van der Waals surface area contributed by atoms with Gasteiger partial charge in [-0.25, -0.2) is 0 Å². The Bertz CT molecular complexity index is 1020. The van der Waals surface area contributed by atoms with Crippen LogP contribution in [0.4, 0.5) is 0 Å². The van der Waals surface area contributed by atoms with Gasteiger partial charge in [0.2, 0.25) is 0 Å². The third-order valence-electron chi connectivity index (χ3n) is 5.95. The lowest BCUT2D eigenvalue weighted by molar-refractivity contribution is 0.228. The number of benzene rings is 3. The third-order valence-corrected chi connectivity index (χ3v) is 5.95. The van der Waals surface area contributed by atoms with Crippen LogP contribution in [0.3, 0.4) is 0 Å². The first-order chi connectivity index (χ1) is 12.6. The zero-order valence-electron chi connectivity index (χ0n) is 15.1. The van der Waals surface area contributed by atoms with E-state index in [4.69, 9.17) is 0 Å². The van der Waals surface area contributed by atoms with Crippen LogP contribution in [0.5, 0.6) is 11.5 Å². The number of likely N-dealkylation sites (N-methyl/N-ethyl adjacent to an activating group) is 1. The quantitative estimate of drug-likeness (QED) is 0.588. The second-order valence-electron chi connectivity index (χ2n) is 7.34. The number of nitrogens with zero attached hydrogens (tertiary/aromatic N) is 1. The number of phenols is 2. The van der Waals surface area contributed by atoms with Gasteiger partial charge in [-0.2, -0.15) is 0 Å². The summed E-state index contributed by atoms with van der Waals surface area (Å²) in [6.45, 7) is 1.03. The summed E-state index contributed by atoms with van der Waals surface area (Å²) in [5.41, 5.74) is 8.17. The van der Waals surface area contributed by atoms with Gasteiger partial charge in [0.05, 0.1) is 0 Å². The normalized spacial score (nSPS) is 17.6. The van der Waals surface area contributed by atoms with E-state index in [0.717, 1.165) is 36.1 Å². The molecule has 4 heteroatoms. The summed E-state index contributed by atoms with van der Waals surface area (Å²) in [5, 5.41) is 20.6. The number of fused-ring (bicyclic) bond motifs is 2. The topological polar surface area (TPSA) is 43.7 Å². The molecule has 1 aliphatic heterocycles. The highest BCUT2D eigenvalue weighted by Crippen LogP contribution is 2.51. The van der Waals surface area contributed by atoms with E-state index in [1.165, 1.54) is 22.3 Å². The van der Waals surface area contributed by atoms with Crippen LogP contribution in [0.2, 0.25) is 0 Å². The molecule has 0 saturated heterocycles. The molecule has 138 valence electrons. The molecule has 2 N–H and O–H groups in total. The van der Waals surface area contributed by atoms with Crippen molar-refractivity contribution in [3.8, 4) is 33.8 Å². The highest BCUT2D eigenvalue weighted by atomic mass is 35.5. The Morgan fingerprint density at radius 3 is 2.44 bits per heavy atom. The molecule has 0 radical (unpaired) electrons. The van der Waals surface area contributed by atoms with Crippen molar-refractivity contribution in [3.05, 3.63) is 71.3 Å². The average Bonchev–Trinajstić information content (AvgIpc) is 2.68. The highest BCUT2D eigenvalue weighted by molar-refractivity contribution is 5.86. The molecule has 1 heterocycles. The number of phenolic OH excluding ortho intramolecular Hbond substituents is 2. The van der Waals surface area contributed by atoms with E-state index in [9.17, 15) is 10.2 Å². The summed E-state index contributed by atoms with van der Waals surface area (Å²) in [5.74, 6) is -0.0453. The fraction of sp³-hybridized carbons (Fsp3) is 0.217. The largest absolute Gasteiger partial charge is 0.504 e. The molecule has 3 aromatic rings. The minimum atomic E-state index is -0.0488.